The molecule has 5 rings (SSSR count). The first-order valence-electron chi connectivity index (χ1n) is 13.5. The zero-order valence-corrected chi connectivity index (χ0v) is 23.5. The molecule has 0 spiro atoms. The number of pyridine rings is 1. The lowest BCUT2D eigenvalue weighted by atomic mass is 10.0. The molecule has 5 aromatic rings. The lowest BCUT2D eigenvalue weighted by molar-refractivity contribution is -0.137. The van der Waals surface area contributed by atoms with Crippen LogP contribution in [-0.4, -0.2) is 4.57 Å². The van der Waals surface area contributed by atoms with Crippen molar-refractivity contribution in [3.63, 3.8) is 0 Å². The van der Waals surface area contributed by atoms with E-state index in [1.54, 1.807) is 42.5 Å². The number of rotatable bonds is 8. The van der Waals surface area contributed by atoms with E-state index in [-0.39, 0.29) is 12.2 Å². The highest BCUT2D eigenvalue weighted by Crippen LogP contribution is 2.35. The van der Waals surface area contributed by atoms with Crippen LogP contribution in [-0.2, 0) is 19.3 Å². The van der Waals surface area contributed by atoms with Crippen molar-refractivity contribution in [2.24, 2.45) is 0 Å². The third kappa shape index (κ3) is 6.79. The first-order valence-corrected chi connectivity index (χ1v) is 13.5. The molecule has 4 aromatic carbocycles. The van der Waals surface area contributed by atoms with Crippen LogP contribution in [0.3, 0.4) is 0 Å². The predicted molar refractivity (Wildman–Crippen MR) is 158 cm³/mol. The van der Waals surface area contributed by atoms with Gasteiger partial charge in [-0.15, -0.1) is 0 Å². The Balaban J connectivity index is 1.46. The molecule has 0 aliphatic heterocycles. The van der Waals surface area contributed by atoms with Crippen molar-refractivity contribution in [2.45, 2.75) is 33.2 Å². The highest BCUT2D eigenvalue weighted by Gasteiger charge is 2.36. The van der Waals surface area contributed by atoms with Crippen LogP contribution in [0.15, 0.2) is 108 Å². The Labute approximate surface area is 247 Å². The van der Waals surface area contributed by atoms with E-state index >= 15 is 0 Å². The number of halogens is 3. The van der Waals surface area contributed by atoms with Gasteiger partial charge in [-0.2, -0.15) is 18.4 Å². The van der Waals surface area contributed by atoms with Gasteiger partial charge in [0.15, 0.2) is 0 Å². The Kier molecular flexibility index (Phi) is 8.35. The van der Waals surface area contributed by atoms with Crippen molar-refractivity contribution in [3.8, 4) is 34.6 Å². The summed E-state index contributed by atoms with van der Waals surface area (Å²) in [5.41, 5.74) is 0.889. The zero-order chi connectivity index (χ0) is 30.6. The van der Waals surface area contributed by atoms with Gasteiger partial charge in [-0.05, 0) is 78.6 Å². The quantitative estimate of drug-likeness (QED) is 0.185. The van der Waals surface area contributed by atoms with Gasteiger partial charge >= 0.3 is 6.18 Å². The number of hydrogen-bond donors (Lipinski definition) is 0. The fraction of sp³-hybridized carbons (Fsp3) is 0.143. The summed E-state index contributed by atoms with van der Waals surface area (Å²) < 4.78 is 54.9. The van der Waals surface area contributed by atoms with E-state index in [0.717, 1.165) is 28.3 Å². The van der Waals surface area contributed by atoms with Crippen molar-refractivity contribution in [3.05, 3.63) is 147 Å². The molecule has 0 aliphatic rings. The SMILES string of the molecule is Cc1ccc(Cn2c(-c3ccc(Oc4cccc(OCc5ccccc5)c4)cc3)cc(C(F)(F)F)c(C#N)c2=O)c(C)c1. The number of nitrogens with zero attached hydrogens (tertiary/aromatic N) is 2. The van der Waals surface area contributed by atoms with Crippen molar-refractivity contribution < 1.29 is 22.6 Å². The molecule has 0 aliphatic carbocycles. The molecule has 0 saturated heterocycles. The van der Waals surface area contributed by atoms with Crippen molar-refractivity contribution in [2.75, 3.05) is 0 Å². The number of ether oxygens (including phenoxy) is 2. The molecule has 5 nitrogen and oxygen atoms in total. The predicted octanol–water partition coefficient (Wildman–Crippen LogP) is 8.44. The maximum absolute atomic E-state index is 13.9. The van der Waals surface area contributed by atoms with Gasteiger partial charge in [0.1, 0.15) is 35.5 Å². The van der Waals surface area contributed by atoms with Crippen LogP contribution in [0.25, 0.3) is 11.3 Å². The topological polar surface area (TPSA) is 64.2 Å². The summed E-state index contributed by atoms with van der Waals surface area (Å²) >= 11 is 0. The molecule has 0 bridgehead atoms. The summed E-state index contributed by atoms with van der Waals surface area (Å²) in [6.07, 6.45) is -4.88. The van der Waals surface area contributed by atoms with Gasteiger partial charge in [-0.25, -0.2) is 0 Å². The lowest BCUT2D eigenvalue weighted by Crippen LogP contribution is -2.29. The van der Waals surface area contributed by atoms with Crippen molar-refractivity contribution in [1.29, 1.82) is 5.26 Å². The van der Waals surface area contributed by atoms with Gasteiger partial charge in [-0.3, -0.25) is 4.79 Å². The fourth-order valence-corrected chi connectivity index (χ4v) is 4.77. The smallest absolute Gasteiger partial charge is 0.417 e. The van der Waals surface area contributed by atoms with Gasteiger partial charge < -0.3 is 14.0 Å². The molecule has 0 amide bonds. The molecule has 0 atom stereocenters. The second-order valence-electron chi connectivity index (χ2n) is 10.1. The van der Waals surface area contributed by atoms with Crippen LogP contribution in [0.1, 0.15) is 33.4 Å². The minimum absolute atomic E-state index is 0.00111. The summed E-state index contributed by atoms with van der Waals surface area (Å²) in [5.74, 6) is 1.57. The van der Waals surface area contributed by atoms with Crippen LogP contribution in [0.5, 0.6) is 17.2 Å². The Morgan fingerprint density at radius 2 is 1.53 bits per heavy atom. The fourth-order valence-electron chi connectivity index (χ4n) is 4.77. The summed E-state index contributed by atoms with van der Waals surface area (Å²) in [6, 6.07) is 31.3. The normalized spacial score (nSPS) is 11.2. The van der Waals surface area contributed by atoms with Crippen LogP contribution in [0.4, 0.5) is 13.2 Å². The monoisotopic (exact) mass is 580 g/mol. The Bertz CT molecular complexity index is 1860. The maximum atomic E-state index is 13.9. The molecular weight excluding hydrogens is 553 g/mol. The second kappa shape index (κ2) is 12.3. The molecule has 43 heavy (non-hydrogen) atoms. The van der Waals surface area contributed by atoms with Gasteiger partial charge in [0, 0.05) is 6.07 Å². The summed E-state index contributed by atoms with van der Waals surface area (Å²) in [4.78, 5) is 13.3. The van der Waals surface area contributed by atoms with Crippen LogP contribution < -0.4 is 15.0 Å². The maximum Gasteiger partial charge on any atom is 0.417 e. The number of aromatic nitrogens is 1. The summed E-state index contributed by atoms with van der Waals surface area (Å²) in [7, 11) is 0. The Morgan fingerprint density at radius 1 is 0.814 bits per heavy atom. The Morgan fingerprint density at radius 3 is 2.21 bits per heavy atom. The molecular formula is C35H27F3N2O3. The number of hydrogen-bond acceptors (Lipinski definition) is 4. The summed E-state index contributed by atoms with van der Waals surface area (Å²) in [5, 5.41) is 9.50. The third-order valence-electron chi connectivity index (χ3n) is 6.98. The molecule has 0 unspecified atom stereocenters. The van der Waals surface area contributed by atoms with Crippen LogP contribution in [0.2, 0.25) is 0 Å². The van der Waals surface area contributed by atoms with Crippen molar-refractivity contribution >= 4 is 0 Å². The third-order valence-corrected chi connectivity index (χ3v) is 6.98. The van der Waals surface area contributed by atoms with Crippen LogP contribution in [0, 0.1) is 25.2 Å². The molecule has 0 fully saturated rings. The van der Waals surface area contributed by atoms with E-state index in [1.807, 2.05) is 68.4 Å². The zero-order valence-electron chi connectivity index (χ0n) is 23.5. The Hall–Kier alpha value is -5.29. The number of nitriles is 1. The standard InChI is InChI=1S/C35H27F3N2O3/c1-23-11-12-27(24(2)17-23)21-40-33(19-32(35(36,37)38)31(20-39)34(40)41)26-13-15-28(16-14-26)43-30-10-6-9-29(18-30)42-22-25-7-4-3-5-8-25/h3-19H,21-22H2,1-2H3. The number of alkyl halides is 3. The van der Waals surface area contributed by atoms with Gasteiger partial charge in [-0.1, -0.05) is 60.2 Å². The molecule has 1 heterocycles. The molecule has 1 aromatic heterocycles. The minimum atomic E-state index is -4.88. The van der Waals surface area contributed by atoms with E-state index in [2.05, 4.69) is 0 Å². The molecule has 0 saturated carbocycles. The summed E-state index contributed by atoms with van der Waals surface area (Å²) in [6.45, 7) is 4.20. The molecule has 0 radical (unpaired) electrons. The molecule has 216 valence electrons. The van der Waals surface area contributed by atoms with Gasteiger partial charge in [0.05, 0.1) is 17.8 Å². The average molecular weight is 581 g/mol. The van der Waals surface area contributed by atoms with E-state index in [9.17, 15) is 23.2 Å². The van der Waals surface area contributed by atoms with Gasteiger partial charge in [0.2, 0.25) is 0 Å². The number of aryl methyl sites for hydroxylation is 2. The molecule has 8 heteroatoms. The second-order valence-corrected chi connectivity index (χ2v) is 10.1. The highest BCUT2D eigenvalue weighted by molar-refractivity contribution is 5.64. The van der Waals surface area contributed by atoms with Crippen LogP contribution >= 0.6 is 0 Å². The first kappa shape index (κ1) is 29.2. The van der Waals surface area contributed by atoms with Gasteiger partial charge in [0.25, 0.3) is 5.56 Å². The van der Waals surface area contributed by atoms with E-state index in [1.165, 1.54) is 10.6 Å². The molecule has 0 N–H and O–H groups in total. The van der Waals surface area contributed by atoms with E-state index in [4.69, 9.17) is 9.47 Å². The minimum Gasteiger partial charge on any atom is -0.489 e. The van der Waals surface area contributed by atoms with E-state index < -0.39 is 22.9 Å². The highest BCUT2D eigenvalue weighted by atomic mass is 19.4. The largest absolute Gasteiger partial charge is 0.489 e. The lowest BCUT2D eigenvalue weighted by Gasteiger charge is -2.19. The van der Waals surface area contributed by atoms with Crippen molar-refractivity contribution in [1.82, 2.24) is 4.57 Å². The average Bonchev–Trinajstić information content (AvgIpc) is 2.99. The van der Waals surface area contributed by atoms with E-state index in [0.29, 0.717) is 29.4 Å². The first-order chi connectivity index (χ1) is 20.6. The number of benzene rings is 4.